The zero-order valence-corrected chi connectivity index (χ0v) is 8.30. The summed E-state index contributed by atoms with van der Waals surface area (Å²) in [6.45, 7) is 5.31. The SMILES string of the molecule is C/C=C/C(=O)NC1(CC)CCOC1. The van der Waals surface area contributed by atoms with Gasteiger partial charge in [0.15, 0.2) is 0 Å². The Morgan fingerprint density at radius 3 is 2.92 bits per heavy atom. The lowest BCUT2D eigenvalue weighted by Crippen LogP contribution is -2.47. The molecule has 1 atom stereocenters. The molecule has 0 aromatic heterocycles. The molecule has 3 heteroatoms. The van der Waals surface area contributed by atoms with Crippen molar-refractivity contribution in [3.63, 3.8) is 0 Å². The van der Waals surface area contributed by atoms with Crippen LogP contribution in [0, 0.1) is 0 Å². The maximum Gasteiger partial charge on any atom is 0.244 e. The highest BCUT2D eigenvalue weighted by Gasteiger charge is 2.33. The average Bonchev–Trinajstić information content (AvgIpc) is 2.54. The van der Waals surface area contributed by atoms with Crippen LogP contribution >= 0.6 is 0 Å². The molecule has 3 nitrogen and oxygen atoms in total. The Kier molecular flexibility index (Phi) is 3.48. The number of amides is 1. The summed E-state index contributed by atoms with van der Waals surface area (Å²) in [4.78, 5) is 11.3. The van der Waals surface area contributed by atoms with Crippen LogP contribution < -0.4 is 5.32 Å². The molecule has 0 aliphatic carbocycles. The van der Waals surface area contributed by atoms with E-state index < -0.39 is 0 Å². The van der Waals surface area contributed by atoms with Crippen LogP contribution in [0.3, 0.4) is 0 Å². The highest BCUT2D eigenvalue weighted by atomic mass is 16.5. The second-order valence-electron chi connectivity index (χ2n) is 3.43. The first-order valence-corrected chi connectivity index (χ1v) is 4.75. The summed E-state index contributed by atoms with van der Waals surface area (Å²) in [5.74, 6) is -0.0187. The first-order chi connectivity index (χ1) is 6.22. The average molecular weight is 183 g/mol. The van der Waals surface area contributed by atoms with Crippen molar-refractivity contribution in [2.45, 2.75) is 32.2 Å². The Morgan fingerprint density at radius 2 is 2.46 bits per heavy atom. The van der Waals surface area contributed by atoms with Crippen LogP contribution in [0.1, 0.15) is 26.7 Å². The Hall–Kier alpha value is -0.830. The molecule has 1 aliphatic heterocycles. The van der Waals surface area contributed by atoms with E-state index in [1.165, 1.54) is 0 Å². The lowest BCUT2D eigenvalue weighted by molar-refractivity contribution is -0.118. The van der Waals surface area contributed by atoms with Crippen molar-refractivity contribution in [2.75, 3.05) is 13.2 Å². The summed E-state index contributed by atoms with van der Waals surface area (Å²) in [7, 11) is 0. The van der Waals surface area contributed by atoms with Crippen LogP contribution in [0.4, 0.5) is 0 Å². The molecule has 0 radical (unpaired) electrons. The van der Waals surface area contributed by atoms with Gasteiger partial charge in [0.2, 0.25) is 5.91 Å². The molecule has 74 valence electrons. The highest BCUT2D eigenvalue weighted by Crippen LogP contribution is 2.21. The van der Waals surface area contributed by atoms with E-state index in [2.05, 4.69) is 12.2 Å². The summed E-state index contributed by atoms with van der Waals surface area (Å²) in [6.07, 6.45) is 5.15. The van der Waals surface area contributed by atoms with E-state index in [0.29, 0.717) is 6.61 Å². The van der Waals surface area contributed by atoms with E-state index in [9.17, 15) is 4.79 Å². The zero-order chi connectivity index (χ0) is 9.73. The van der Waals surface area contributed by atoms with Gasteiger partial charge in [-0.3, -0.25) is 4.79 Å². The molecule has 0 aromatic carbocycles. The monoisotopic (exact) mass is 183 g/mol. The summed E-state index contributed by atoms with van der Waals surface area (Å²) in [5, 5.41) is 2.99. The molecular weight excluding hydrogens is 166 g/mol. The zero-order valence-electron chi connectivity index (χ0n) is 8.30. The van der Waals surface area contributed by atoms with E-state index >= 15 is 0 Å². The van der Waals surface area contributed by atoms with Gasteiger partial charge in [-0.05, 0) is 25.8 Å². The van der Waals surface area contributed by atoms with Crippen molar-refractivity contribution in [3.05, 3.63) is 12.2 Å². The molecule has 0 saturated carbocycles. The number of hydrogen-bond acceptors (Lipinski definition) is 2. The van der Waals surface area contributed by atoms with Gasteiger partial charge in [-0.15, -0.1) is 0 Å². The normalized spacial score (nSPS) is 28.2. The third-order valence-corrected chi connectivity index (χ3v) is 2.49. The van der Waals surface area contributed by atoms with Crippen LogP contribution in [0.5, 0.6) is 0 Å². The first kappa shape index (κ1) is 10.3. The number of carbonyl (C=O) groups excluding carboxylic acids is 1. The van der Waals surface area contributed by atoms with E-state index in [4.69, 9.17) is 4.74 Å². The Bertz CT molecular complexity index is 205. The Balaban J connectivity index is 2.52. The molecule has 1 amide bonds. The van der Waals surface area contributed by atoms with Crippen molar-refractivity contribution < 1.29 is 9.53 Å². The van der Waals surface area contributed by atoms with Crippen molar-refractivity contribution >= 4 is 5.91 Å². The Labute approximate surface area is 79.2 Å². The number of allylic oxidation sites excluding steroid dienone is 1. The molecule has 0 aromatic rings. The topological polar surface area (TPSA) is 38.3 Å². The summed E-state index contributed by atoms with van der Waals surface area (Å²) in [6, 6.07) is 0. The summed E-state index contributed by atoms with van der Waals surface area (Å²) in [5.41, 5.74) is -0.114. The fraction of sp³-hybridized carbons (Fsp3) is 0.700. The minimum atomic E-state index is -0.114. The largest absolute Gasteiger partial charge is 0.379 e. The van der Waals surface area contributed by atoms with Gasteiger partial charge >= 0.3 is 0 Å². The standard InChI is InChI=1S/C10H17NO2/c1-3-5-9(12)11-10(4-2)6-7-13-8-10/h3,5H,4,6-8H2,1-2H3,(H,11,12)/b5-3+. The van der Waals surface area contributed by atoms with Gasteiger partial charge in [0.1, 0.15) is 0 Å². The lowest BCUT2D eigenvalue weighted by atomic mass is 9.95. The van der Waals surface area contributed by atoms with Crippen molar-refractivity contribution in [2.24, 2.45) is 0 Å². The number of rotatable bonds is 3. The van der Waals surface area contributed by atoms with Gasteiger partial charge in [0, 0.05) is 6.61 Å². The predicted molar refractivity (Wildman–Crippen MR) is 51.4 cm³/mol. The van der Waals surface area contributed by atoms with Crippen LogP contribution in [0.2, 0.25) is 0 Å². The molecule has 0 bridgehead atoms. The minimum absolute atomic E-state index is 0.0187. The van der Waals surface area contributed by atoms with Gasteiger partial charge in [-0.2, -0.15) is 0 Å². The molecule has 1 N–H and O–H groups in total. The van der Waals surface area contributed by atoms with E-state index in [0.717, 1.165) is 19.4 Å². The second-order valence-corrected chi connectivity index (χ2v) is 3.43. The van der Waals surface area contributed by atoms with Crippen molar-refractivity contribution in [3.8, 4) is 0 Å². The summed E-state index contributed by atoms with van der Waals surface area (Å²) >= 11 is 0. The van der Waals surface area contributed by atoms with E-state index in [-0.39, 0.29) is 11.4 Å². The maximum atomic E-state index is 11.3. The number of hydrogen-bond donors (Lipinski definition) is 1. The molecule has 1 aliphatic rings. The van der Waals surface area contributed by atoms with Crippen LogP contribution in [0.25, 0.3) is 0 Å². The number of ether oxygens (including phenoxy) is 1. The molecule has 1 unspecified atom stereocenters. The quantitative estimate of drug-likeness (QED) is 0.669. The van der Waals surface area contributed by atoms with Gasteiger partial charge in [-0.1, -0.05) is 13.0 Å². The molecular formula is C10H17NO2. The fourth-order valence-corrected chi connectivity index (χ4v) is 1.53. The third kappa shape index (κ3) is 2.56. The molecule has 0 spiro atoms. The van der Waals surface area contributed by atoms with Crippen LogP contribution in [0.15, 0.2) is 12.2 Å². The first-order valence-electron chi connectivity index (χ1n) is 4.75. The third-order valence-electron chi connectivity index (χ3n) is 2.49. The van der Waals surface area contributed by atoms with Crippen LogP contribution in [-0.4, -0.2) is 24.7 Å². The number of carbonyl (C=O) groups is 1. The lowest BCUT2D eigenvalue weighted by Gasteiger charge is -2.26. The molecule has 1 saturated heterocycles. The fourth-order valence-electron chi connectivity index (χ4n) is 1.53. The molecule has 1 rings (SSSR count). The van der Waals surface area contributed by atoms with Crippen molar-refractivity contribution in [1.29, 1.82) is 0 Å². The van der Waals surface area contributed by atoms with Gasteiger partial charge in [0.05, 0.1) is 12.1 Å². The second kappa shape index (κ2) is 4.42. The minimum Gasteiger partial charge on any atom is -0.379 e. The smallest absolute Gasteiger partial charge is 0.244 e. The Morgan fingerprint density at radius 1 is 1.69 bits per heavy atom. The highest BCUT2D eigenvalue weighted by molar-refractivity contribution is 5.88. The van der Waals surface area contributed by atoms with Crippen molar-refractivity contribution in [1.82, 2.24) is 5.32 Å². The van der Waals surface area contributed by atoms with Gasteiger partial charge in [0.25, 0.3) is 0 Å². The maximum absolute atomic E-state index is 11.3. The summed E-state index contributed by atoms with van der Waals surface area (Å²) < 4.78 is 5.29. The van der Waals surface area contributed by atoms with E-state index in [1.54, 1.807) is 12.2 Å². The van der Waals surface area contributed by atoms with Gasteiger partial charge < -0.3 is 10.1 Å². The number of nitrogens with one attached hydrogen (secondary N) is 1. The molecule has 13 heavy (non-hydrogen) atoms. The molecule has 1 heterocycles. The predicted octanol–water partition coefficient (Wildman–Crippen LogP) is 1.25. The molecule has 1 fully saturated rings. The van der Waals surface area contributed by atoms with Gasteiger partial charge in [-0.25, -0.2) is 0 Å². The van der Waals surface area contributed by atoms with Crippen LogP contribution in [-0.2, 0) is 9.53 Å². The van der Waals surface area contributed by atoms with E-state index in [1.807, 2.05) is 6.92 Å².